The number of halogens is 2. The maximum Gasteiger partial charge on any atom is 0.255 e. The lowest BCUT2D eigenvalue weighted by Gasteiger charge is -2.18. The van der Waals surface area contributed by atoms with Crippen LogP contribution in [0.1, 0.15) is 15.9 Å². The number of carbonyl (C=O) groups is 1. The highest BCUT2D eigenvalue weighted by Crippen LogP contribution is 2.28. The SMILES string of the molecule is CN(C)c1ccc(Cl)cc1NC(=O)c1ccc(CCl)cc1. The van der Waals surface area contributed by atoms with Gasteiger partial charge >= 0.3 is 0 Å². The minimum atomic E-state index is -0.179. The van der Waals surface area contributed by atoms with Crippen LogP contribution in [0.3, 0.4) is 0 Å². The lowest BCUT2D eigenvalue weighted by molar-refractivity contribution is 0.102. The van der Waals surface area contributed by atoms with E-state index in [0.29, 0.717) is 22.2 Å². The molecule has 0 aliphatic heterocycles. The molecule has 0 bridgehead atoms. The first kappa shape index (κ1) is 15.7. The number of carbonyl (C=O) groups excluding carboxylic acids is 1. The summed E-state index contributed by atoms with van der Waals surface area (Å²) in [4.78, 5) is 14.2. The summed E-state index contributed by atoms with van der Waals surface area (Å²) in [6.07, 6.45) is 0. The summed E-state index contributed by atoms with van der Waals surface area (Å²) in [5, 5.41) is 3.47. The van der Waals surface area contributed by atoms with Gasteiger partial charge in [0.15, 0.2) is 0 Å². The molecule has 2 rings (SSSR count). The Bertz CT molecular complexity index is 639. The fourth-order valence-electron chi connectivity index (χ4n) is 1.94. The molecule has 0 heterocycles. The molecule has 5 heteroatoms. The van der Waals surface area contributed by atoms with E-state index in [0.717, 1.165) is 11.3 Å². The van der Waals surface area contributed by atoms with E-state index < -0.39 is 0 Å². The first-order chi connectivity index (χ1) is 10.0. The van der Waals surface area contributed by atoms with Gasteiger partial charge in [-0.05, 0) is 35.9 Å². The molecular weight excluding hydrogens is 307 g/mol. The normalized spacial score (nSPS) is 10.3. The van der Waals surface area contributed by atoms with E-state index in [1.165, 1.54) is 0 Å². The number of anilines is 2. The molecule has 0 aromatic heterocycles. The molecule has 0 aliphatic carbocycles. The quantitative estimate of drug-likeness (QED) is 0.846. The third-order valence-electron chi connectivity index (χ3n) is 3.06. The number of hydrogen-bond donors (Lipinski definition) is 1. The van der Waals surface area contributed by atoms with Gasteiger partial charge in [-0.25, -0.2) is 0 Å². The first-order valence-electron chi connectivity index (χ1n) is 6.44. The van der Waals surface area contributed by atoms with Crippen LogP contribution >= 0.6 is 23.2 Å². The first-order valence-corrected chi connectivity index (χ1v) is 7.35. The van der Waals surface area contributed by atoms with Gasteiger partial charge in [-0.1, -0.05) is 23.7 Å². The predicted molar refractivity (Wildman–Crippen MR) is 89.7 cm³/mol. The molecule has 0 fully saturated rings. The van der Waals surface area contributed by atoms with Crippen molar-refractivity contribution in [2.75, 3.05) is 24.3 Å². The topological polar surface area (TPSA) is 32.3 Å². The third kappa shape index (κ3) is 3.90. The van der Waals surface area contributed by atoms with Crippen LogP contribution in [0, 0.1) is 0 Å². The van der Waals surface area contributed by atoms with Crippen molar-refractivity contribution in [2.24, 2.45) is 0 Å². The minimum absolute atomic E-state index is 0.179. The Morgan fingerprint density at radius 2 is 1.81 bits per heavy atom. The van der Waals surface area contributed by atoms with Crippen LogP contribution in [0.25, 0.3) is 0 Å². The average molecular weight is 323 g/mol. The fraction of sp³-hybridized carbons (Fsp3) is 0.188. The monoisotopic (exact) mass is 322 g/mol. The number of alkyl halides is 1. The average Bonchev–Trinajstić information content (AvgIpc) is 2.47. The van der Waals surface area contributed by atoms with Crippen molar-refractivity contribution in [1.82, 2.24) is 0 Å². The van der Waals surface area contributed by atoms with Crippen LogP contribution in [0.4, 0.5) is 11.4 Å². The molecule has 0 spiro atoms. The molecule has 3 nitrogen and oxygen atoms in total. The van der Waals surface area contributed by atoms with Crippen LogP contribution in [-0.4, -0.2) is 20.0 Å². The number of hydrogen-bond acceptors (Lipinski definition) is 2. The molecule has 21 heavy (non-hydrogen) atoms. The molecule has 110 valence electrons. The summed E-state index contributed by atoms with van der Waals surface area (Å²) in [5.74, 6) is 0.252. The molecule has 1 N–H and O–H groups in total. The van der Waals surface area contributed by atoms with E-state index >= 15 is 0 Å². The second-order valence-corrected chi connectivity index (χ2v) is 5.54. The largest absolute Gasteiger partial charge is 0.376 e. The molecule has 0 radical (unpaired) electrons. The molecule has 2 aromatic carbocycles. The zero-order valence-electron chi connectivity index (χ0n) is 11.9. The molecule has 2 aromatic rings. The lowest BCUT2D eigenvalue weighted by Crippen LogP contribution is -2.16. The Hall–Kier alpha value is -1.71. The Labute approximate surface area is 134 Å². The number of nitrogens with zero attached hydrogens (tertiary/aromatic N) is 1. The standard InChI is InChI=1S/C16H16Cl2N2O/c1-20(2)15-8-7-13(18)9-14(15)19-16(21)12-5-3-11(10-17)4-6-12/h3-9H,10H2,1-2H3,(H,19,21). The number of amides is 1. The van der Waals surface area contributed by atoms with Crippen molar-refractivity contribution in [2.45, 2.75) is 5.88 Å². The smallest absolute Gasteiger partial charge is 0.255 e. The van der Waals surface area contributed by atoms with Gasteiger partial charge in [-0.3, -0.25) is 4.79 Å². The molecule has 0 saturated heterocycles. The molecule has 0 saturated carbocycles. The predicted octanol–water partition coefficient (Wildman–Crippen LogP) is 4.40. The third-order valence-corrected chi connectivity index (χ3v) is 3.60. The van der Waals surface area contributed by atoms with Crippen molar-refractivity contribution in [1.29, 1.82) is 0 Å². The Morgan fingerprint density at radius 3 is 2.38 bits per heavy atom. The van der Waals surface area contributed by atoms with Gasteiger partial charge in [0, 0.05) is 30.6 Å². The summed E-state index contributed by atoms with van der Waals surface area (Å²) in [7, 11) is 3.82. The highest BCUT2D eigenvalue weighted by molar-refractivity contribution is 6.31. The van der Waals surface area contributed by atoms with Gasteiger partial charge in [-0.2, -0.15) is 0 Å². The van der Waals surface area contributed by atoms with Gasteiger partial charge < -0.3 is 10.2 Å². The van der Waals surface area contributed by atoms with E-state index in [1.807, 2.05) is 37.2 Å². The zero-order valence-corrected chi connectivity index (χ0v) is 13.4. The summed E-state index contributed by atoms with van der Waals surface area (Å²) >= 11 is 11.7. The summed E-state index contributed by atoms with van der Waals surface area (Å²) in [6.45, 7) is 0. The van der Waals surface area contributed by atoms with Crippen molar-refractivity contribution >= 4 is 40.5 Å². The molecule has 0 unspecified atom stereocenters. The minimum Gasteiger partial charge on any atom is -0.376 e. The van der Waals surface area contributed by atoms with Crippen molar-refractivity contribution in [3.63, 3.8) is 0 Å². The highest BCUT2D eigenvalue weighted by Gasteiger charge is 2.11. The summed E-state index contributed by atoms with van der Waals surface area (Å²) in [5.41, 5.74) is 3.13. The Morgan fingerprint density at radius 1 is 1.14 bits per heavy atom. The van der Waals surface area contributed by atoms with Crippen molar-refractivity contribution < 1.29 is 4.79 Å². The Kier molecular flexibility index (Phi) is 5.10. The van der Waals surface area contributed by atoms with Crippen LogP contribution in [-0.2, 0) is 5.88 Å². The van der Waals surface area contributed by atoms with Crippen LogP contribution in [0.15, 0.2) is 42.5 Å². The van der Waals surface area contributed by atoms with Gasteiger partial charge in [0.2, 0.25) is 0 Å². The Balaban J connectivity index is 2.24. The van der Waals surface area contributed by atoms with Crippen LogP contribution in [0.2, 0.25) is 5.02 Å². The summed E-state index contributed by atoms with van der Waals surface area (Å²) in [6, 6.07) is 12.6. The molecule has 1 amide bonds. The second kappa shape index (κ2) is 6.83. The second-order valence-electron chi connectivity index (χ2n) is 4.84. The van der Waals surface area contributed by atoms with E-state index in [2.05, 4.69) is 5.32 Å². The van der Waals surface area contributed by atoms with Crippen molar-refractivity contribution in [3.05, 3.63) is 58.6 Å². The zero-order chi connectivity index (χ0) is 15.4. The van der Waals surface area contributed by atoms with Gasteiger partial charge in [0.1, 0.15) is 0 Å². The van der Waals surface area contributed by atoms with E-state index in [1.54, 1.807) is 24.3 Å². The van der Waals surface area contributed by atoms with E-state index in [-0.39, 0.29) is 5.91 Å². The van der Waals surface area contributed by atoms with Gasteiger partial charge in [-0.15, -0.1) is 11.6 Å². The van der Waals surface area contributed by atoms with Gasteiger partial charge in [0.25, 0.3) is 5.91 Å². The molecule has 0 aliphatic rings. The van der Waals surface area contributed by atoms with E-state index in [9.17, 15) is 4.79 Å². The van der Waals surface area contributed by atoms with Crippen molar-refractivity contribution in [3.8, 4) is 0 Å². The van der Waals surface area contributed by atoms with E-state index in [4.69, 9.17) is 23.2 Å². The highest BCUT2D eigenvalue weighted by atomic mass is 35.5. The lowest BCUT2D eigenvalue weighted by atomic mass is 10.1. The van der Waals surface area contributed by atoms with Crippen LogP contribution in [0.5, 0.6) is 0 Å². The molecule has 0 atom stereocenters. The maximum atomic E-state index is 12.3. The molecular formula is C16H16Cl2N2O. The fourth-order valence-corrected chi connectivity index (χ4v) is 2.29. The number of rotatable bonds is 4. The van der Waals surface area contributed by atoms with Gasteiger partial charge in [0.05, 0.1) is 11.4 Å². The summed E-state index contributed by atoms with van der Waals surface area (Å²) < 4.78 is 0. The van der Waals surface area contributed by atoms with Crippen LogP contribution < -0.4 is 10.2 Å². The number of benzene rings is 2. The number of nitrogens with one attached hydrogen (secondary N) is 1. The maximum absolute atomic E-state index is 12.3.